The molecule has 0 radical (unpaired) electrons. The average molecular weight is 334 g/mol. The van der Waals surface area contributed by atoms with Crippen LogP contribution < -0.4 is 10.1 Å². The maximum absolute atomic E-state index is 10.9. The number of methoxy groups -OCH3 is 1. The Morgan fingerprint density at radius 2 is 2.00 bits per heavy atom. The zero-order chi connectivity index (χ0) is 16.8. The summed E-state index contributed by atoms with van der Waals surface area (Å²) in [6.45, 7) is 6.34. The van der Waals surface area contributed by atoms with Gasteiger partial charge in [-0.2, -0.15) is 0 Å². The lowest BCUT2D eigenvalue weighted by atomic mass is 10.2. The molecule has 0 bridgehead atoms. The Bertz CT molecular complexity index is 653. The Labute approximate surface area is 140 Å². The first-order valence-electron chi connectivity index (χ1n) is 7.49. The van der Waals surface area contributed by atoms with Gasteiger partial charge in [-0.1, -0.05) is 11.8 Å². The monoisotopic (exact) mass is 334 g/mol. The molecule has 0 spiro atoms. The van der Waals surface area contributed by atoms with E-state index in [0.29, 0.717) is 6.54 Å². The molecule has 0 unspecified atom stereocenters. The van der Waals surface area contributed by atoms with Crippen molar-refractivity contribution in [3.63, 3.8) is 0 Å². The number of aromatic nitrogens is 3. The standard InChI is InChI=1S/C16H22N4O2S/c1-11(2)20-15(13-5-7-14(22-4)8-6-13)18-19-16(20)23-10-9-17-12(3)21/h5-8,11H,9-10H2,1-4H3,(H,17,21). The van der Waals surface area contributed by atoms with E-state index in [4.69, 9.17) is 4.74 Å². The molecule has 0 aliphatic heterocycles. The Balaban J connectivity index is 2.18. The van der Waals surface area contributed by atoms with Crippen LogP contribution in [0.25, 0.3) is 11.4 Å². The molecule has 0 saturated heterocycles. The average Bonchev–Trinajstić information content (AvgIpc) is 2.95. The summed E-state index contributed by atoms with van der Waals surface area (Å²) in [4.78, 5) is 10.9. The molecule has 23 heavy (non-hydrogen) atoms. The van der Waals surface area contributed by atoms with E-state index in [9.17, 15) is 4.79 Å². The predicted molar refractivity (Wildman–Crippen MR) is 91.8 cm³/mol. The number of ether oxygens (including phenoxy) is 1. The number of hydrogen-bond donors (Lipinski definition) is 1. The van der Waals surface area contributed by atoms with Crippen LogP contribution in [0.3, 0.4) is 0 Å². The van der Waals surface area contributed by atoms with Crippen LogP contribution in [-0.4, -0.2) is 40.1 Å². The van der Waals surface area contributed by atoms with Crippen molar-refractivity contribution in [3.05, 3.63) is 24.3 Å². The third-order valence-electron chi connectivity index (χ3n) is 3.24. The summed E-state index contributed by atoms with van der Waals surface area (Å²) >= 11 is 1.59. The number of carbonyl (C=O) groups is 1. The fourth-order valence-electron chi connectivity index (χ4n) is 2.15. The zero-order valence-electron chi connectivity index (χ0n) is 13.9. The van der Waals surface area contributed by atoms with Crippen molar-refractivity contribution in [2.75, 3.05) is 19.4 Å². The maximum atomic E-state index is 10.9. The second-order valence-electron chi connectivity index (χ2n) is 5.33. The number of hydrogen-bond acceptors (Lipinski definition) is 5. The van der Waals surface area contributed by atoms with E-state index in [0.717, 1.165) is 28.0 Å². The molecule has 1 N–H and O–H groups in total. The quantitative estimate of drug-likeness (QED) is 0.623. The Morgan fingerprint density at radius 3 is 2.57 bits per heavy atom. The summed E-state index contributed by atoms with van der Waals surface area (Å²) in [7, 11) is 1.65. The van der Waals surface area contributed by atoms with Crippen molar-refractivity contribution in [2.24, 2.45) is 0 Å². The topological polar surface area (TPSA) is 69.0 Å². The van der Waals surface area contributed by atoms with Crippen molar-refractivity contribution in [1.82, 2.24) is 20.1 Å². The van der Waals surface area contributed by atoms with Crippen molar-refractivity contribution in [1.29, 1.82) is 0 Å². The third-order valence-corrected chi connectivity index (χ3v) is 4.18. The first kappa shape index (κ1) is 17.3. The van der Waals surface area contributed by atoms with E-state index in [-0.39, 0.29) is 11.9 Å². The van der Waals surface area contributed by atoms with Gasteiger partial charge >= 0.3 is 0 Å². The van der Waals surface area contributed by atoms with Crippen molar-refractivity contribution in [3.8, 4) is 17.1 Å². The summed E-state index contributed by atoms with van der Waals surface area (Å²) in [6.07, 6.45) is 0. The molecule has 0 aliphatic rings. The van der Waals surface area contributed by atoms with Gasteiger partial charge < -0.3 is 10.1 Å². The molecule has 0 fully saturated rings. The molecule has 1 amide bonds. The molecule has 2 rings (SSSR count). The SMILES string of the molecule is COc1ccc(-c2nnc(SCCNC(C)=O)n2C(C)C)cc1. The fourth-order valence-corrected chi connectivity index (χ4v) is 3.07. The van der Waals surface area contributed by atoms with Crippen LogP contribution in [0.4, 0.5) is 0 Å². The lowest BCUT2D eigenvalue weighted by molar-refractivity contribution is -0.118. The van der Waals surface area contributed by atoms with Crippen LogP contribution >= 0.6 is 11.8 Å². The van der Waals surface area contributed by atoms with Gasteiger partial charge in [0.05, 0.1) is 7.11 Å². The highest BCUT2D eigenvalue weighted by Gasteiger charge is 2.16. The van der Waals surface area contributed by atoms with Crippen LogP contribution in [0.1, 0.15) is 26.8 Å². The van der Waals surface area contributed by atoms with Gasteiger partial charge in [0.25, 0.3) is 0 Å². The summed E-state index contributed by atoms with van der Waals surface area (Å²) in [5.74, 6) is 2.39. The van der Waals surface area contributed by atoms with Crippen LogP contribution in [0.5, 0.6) is 5.75 Å². The molecule has 0 atom stereocenters. The molecular formula is C16H22N4O2S. The number of carbonyl (C=O) groups excluding carboxylic acids is 1. The molecule has 2 aromatic rings. The molecule has 1 aromatic carbocycles. The molecule has 0 aliphatic carbocycles. The molecule has 0 saturated carbocycles. The number of rotatable bonds is 7. The van der Waals surface area contributed by atoms with E-state index in [1.165, 1.54) is 6.92 Å². The summed E-state index contributed by atoms with van der Waals surface area (Å²) in [5.41, 5.74) is 1.00. The van der Waals surface area contributed by atoms with Crippen molar-refractivity contribution in [2.45, 2.75) is 32.0 Å². The van der Waals surface area contributed by atoms with Gasteiger partial charge in [-0.3, -0.25) is 9.36 Å². The Kier molecular flexibility index (Phi) is 6.04. The second-order valence-corrected chi connectivity index (χ2v) is 6.39. The van der Waals surface area contributed by atoms with Gasteiger partial charge in [0, 0.05) is 30.8 Å². The minimum Gasteiger partial charge on any atom is -0.497 e. The molecule has 7 heteroatoms. The fraction of sp³-hybridized carbons (Fsp3) is 0.438. The number of nitrogens with one attached hydrogen (secondary N) is 1. The van der Waals surface area contributed by atoms with Crippen LogP contribution in [-0.2, 0) is 4.79 Å². The first-order chi connectivity index (χ1) is 11.0. The lowest BCUT2D eigenvalue weighted by Crippen LogP contribution is -2.22. The third kappa shape index (κ3) is 4.48. The minimum atomic E-state index is -0.0187. The maximum Gasteiger partial charge on any atom is 0.216 e. The lowest BCUT2D eigenvalue weighted by Gasteiger charge is -2.14. The molecule has 124 valence electrons. The van der Waals surface area contributed by atoms with E-state index in [2.05, 4.69) is 33.9 Å². The Hall–Kier alpha value is -2.02. The smallest absolute Gasteiger partial charge is 0.216 e. The van der Waals surface area contributed by atoms with E-state index in [1.54, 1.807) is 18.9 Å². The zero-order valence-corrected chi connectivity index (χ0v) is 14.7. The largest absolute Gasteiger partial charge is 0.497 e. The predicted octanol–water partition coefficient (Wildman–Crippen LogP) is 2.76. The second kappa shape index (κ2) is 8.01. The van der Waals surface area contributed by atoms with Crippen molar-refractivity contribution < 1.29 is 9.53 Å². The van der Waals surface area contributed by atoms with Crippen molar-refractivity contribution >= 4 is 17.7 Å². The highest BCUT2D eigenvalue weighted by Crippen LogP contribution is 2.28. The van der Waals surface area contributed by atoms with Gasteiger partial charge in [0.2, 0.25) is 5.91 Å². The molecule has 1 aromatic heterocycles. The van der Waals surface area contributed by atoms with Crippen LogP contribution in [0, 0.1) is 0 Å². The number of amides is 1. The molecule has 6 nitrogen and oxygen atoms in total. The van der Waals surface area contributed by atoms with Gasteiger partial charge in [-0.25, -0.2) is 0 Å². The summed E-state index contributed by atoms with van der Waals surface area (Å²) in [6, 6.07) is 8.03. The van der Waals surface area contributed by atoms with Crippen LogP contribution in [0.2, 0.25) is 0 Å². The molecular weight excluding hydrogens is 312 g/mol. The minimum absolute atomic E-state index is 0.0187. The van der Waals surface area contributed by atoms with Gasteiger partial charge in [0.1, 0.15) is 5.75 Å². The summed E-state index contributed by atoms with van der Waals surface area (Å²) in [5, 5.41) is 12.3. The Morgan fingerprint density at radius 1 is 1.30 bits per heavy atom. The first-order valence-corrected chi connectivity index (χ1v) is 8.48. The van der Waals surface area contributed by atoms with E-state index < -0.39 is 0 Å². The number of nitrogens with zero attached hydrogens (tertiary/aromatic N) is 3. The highest BCUT2D eigenvalue weighted by atomic mass is 32.2. The van der Waals surface area contributed by atoms with Gasteiger partial charge in [-0.15, -0.1) is 10.2 Å². The highest BCUT2D eigenvalue weighted by molar-refractivity contribution is 7.99. The van der Waals surface area contributed by atoms with Gasteiger partial charge in [-0.05, 0) is 38.1 Å². The number of benzene rings is 1. The normalized spacial score (nSPS) is 10.8. The van der Waals surface area contributed by atoms with E-state index in [1.807, 2.05) is 24.3 Å². The number of thioether (sulfide) groups is 1. The van der Waals surface area contributed by atoms with E-state index >= 15 is 0 Å². The summed E-state index contributed by atoms with van der Waals surface area (Å²) < 4.78 is 7.30. The molecule has 1 heterocycles. The van der Waals surface area contributed by atoms with Crippen LogP contribution in [0.15, 0.2) is 29.4 Å². The van der Waals surface area contributed by atoms with Gasteiger partial charge in [0.15, 0.2) is 11.0 Å².